The van der Waals surface area contributed by atoms with Gasteiger partial charge in [-0.25, -0.2) is 0 Å². The second-order valence-electron chi connectivity index (χ2n) is 3.87. The van der Waals surface area contributed by atoms with Crippen molar-refractivity contribution >= 4 is 6.29 Å². The Morgan fingerprint density at radius 1 is 1.44 bits per heavy atom. The average Bonchev–Trinajstić information content (AvgIpc) is 2.29. The summed E-state index contributed by atoms with van der Waals surface area (Å²) in [6.45, 7) is 1.90. The van der Waals surface area contributed by atoms with Crippen LogP contribution in [0.5, 0.6) is 0 Å². The predicted octanol–water partition coefficient (Wildman–Crippen LogP) is 0.764. The molecule has 0 bridgehead atoms. The fourth-order valence-corrected chi connectivity index (χ4v) is 1.51. The van der Waals surface area contributed by atoms with Crippen molar-refractivity contribution in [2.24, 2.45) is 5.73 Å². The summed E-state index contributed by atoms with van der Waals surface area (Å²) in [4.78, 5) is 10.5. The molecule has 2 atom stereocenters. The standard InChI is InChI=1S/C12H17NO3/c1-2-3-11(15)12(13,16)10-6-4-9(8-14)5-7-10/h4-8,11,15-16H,2-3,13H2,1H3/t11-,12-/m0/s1. The Kier molecular flexibility index (Phi) is 4.18. The minimum atomic E-state index is -1.77. The Hall–Kier alpha value is -1.23. The lowest BCUT2D eigenvalue weighted by molar-refractivity contribution is -0.0797. The fraction of sp³-hybridized carbons (Fsp3) is 0.417. The molecular formula is C12H17NO3. The number of carbonyl (C=O) groups is 1. The minimum Gasteiger partial charge on any atom is -0.388 e. The molecule has 0 aromatic heterocycles. The molecule has 0 saturated heterocycles. The van der Waals surface area contributed by atoms with E-state index in [2.05, 4.69) is 0 Å². The van der Waals surface area contributed by atoms with Crippen molar-refractivity contribution in [2.45, 2.75) is 31.6 Å². The molecule has 0 aliphatic rings. The molecule has 0 unspecified atom stereocenters. The number of aliphatic hydroxyl groups is 2. The highest BCUT2D eigenvalue weighted by atomic mass is 16.4. The topological polar surface area (TPSA) is 83.6 Å². The molecular weight excluding hydrogens is 206 g/mol. The first-order chi connectivity index (χ1) is 7.52. The minimum absolute atomic E-state index is 0.402. The summed E-state index contributed by atoms with van der Waals surface area (Å²) in [6.07, 6.45) is 0.844. The summed E-state index contributed by atoms with van der Waals surface area (Å²) < 4.78 is 0. The predicted molar refractivity (Wildman–Crippen MR) is 60.8 cm³/mol. The van der Waals surface area contributed by atoms with Gasteiger partial charge in [-0.3, -0.25) is 10.5 Å². The van der Waals surface area contributed by atoms with Crippen LogP contribution in [0.25, 0.3) is 0 Å². The van der Waals surface area contributed by atoms with Gasteiger partial charge >= 0.3 is 0 Å². The van der Waals surface area contributed by atoms with E-state index in [1.165, 1.54) is 0 Å². The molecule has 0 aliphatic heterocycles. The summed E-state index contributed by atoms with van der Waals surface area (Å²) in [5.41, 5.74) is 4.82. The highest BCUT2D eigenvalue weighted by Crippen LogP contribution is 2.22. The van der Waals surface area contributed by atoms with Gasteiger partial charge in [-0.05, 0) is 6.42 Å². The van der Waals surface area contributed by atoms with Gasteiger partial charge in [-0.1, -0.05) is 37.6 Å². The second-order valence-corrected chi connectivity index (χ2v) is 3.87. The van der Waals surface area contributed by atoms with Gasteiger partial charge in [0.1, 0.15) is 12.4 Å². The third-order valence-electron chi connectivity index (χ3n) is 2.58. The van der Waals surface area contributed by atoms with Crippen LogP contribution < -0.4 is 5.73 Å². The number of benzene rings is 1. The van der Waals surface area contributed by atoms with Crippen molar-refractivity contribution in [1.82, 2.24) is 0 Å². The van der Waals surface area contributed by atoms with Gasteiger partial charge in [0.05, 0.1) is 0 Å². The molecule has 0 spiro atoms. The van der Waals surface area contributed by atoms with Gasteiger partial charge in [0.25, 0.3) is 0 Å². The molecule has 0 radical (unpaired) electrons. The highest BCUT2D eigenvalue weighted by Gasteiger charge is 2.32. The van der Waals surface area contributed by atoms with Crippen LogP contribution in [-0.4, -0.2) is 22.6 Å². The third kappa shape index (κ3) is 2.66. The van der Waals surface area contributed by atoms with Gasteiger partial charge in [0.2, 0.25) is 0 Å². The Balaban J connectivity index is 2.92. The monoisotopic (exact) mass is 223 g/mol. The maximum Gasteiger partial charge on any atom is 0.165 e. The molecule has 0 aliphatic carbocycles. The van der Waals surface area contributed by atoms with Crippen molar-refractivity contribution in [3.8, 4) is 0 Å². The number of rotatable bonds is 5. The molecule has 4 heteroatoms. The van der Waals surface area contributed by atoms with Crippen molar-refractivity contribution in [1.29, 1.82) is 0 Å². The molecule has 88 valence electrons. The third-order valence-corrected chi connectivity index (χ3v) is 2.58. The van der Waals surface area contributed by atoms with Gasteiger partial charge in [-0.15, -0.1) is 0 Å². The van der Waals surface area contributed by atoms with Crippen LogP contribution in [0.15, 0.2) is 24.3 Å². The van der Waals surface area contributed by atoms with Crippen LogP contribution >= 0.6 is 0 Å². The van der Waals surface area contributed by atoms with Gasteiger partial charge in [-0.2, -0.15) is 0 Å². The molecule has 4 nitrogen and oxygen atoms in total. The summed E-state index contributed by atoms with van der Waals surface area (Å²) in [5.74, 6) is 0. The van der Waals surface area contributed by atoms with Crippen LogP contribution in [0.3, 0.4) is 0 Å². The lowest BCUT2D eigenvalue weighted by atomic mass is 9.94. The highest BCUT2D eigenvalue weighted by molar-refractivity contribution is 5.74. The maximum absolute atomic E-state index is 10.5. The van der Waals surface area contributed by atoms with Crippen LogP contribution in [-0.2, 0) is 5.72 Å². The fourth-order valence-electron chi connectivity index (χ4n) is 1.51. The summed E-state index contributed by atoms with van der Waals surface area (Å²) in [7, 11) is 0. The van der Waals surface area contributed by atoms with Gasteiger partial charge in [0, 0.05) is 11.1 Å². The van der Waals surface area contributed by atoms with E-state index in [0.717, 1.165) is 6.42 Å². The van der Waals surface area contributed by atoms with E-state index < -0.39 is 11.8 Å². The van der Waals surface area contributed by atoms with E-state index in [-0.39, 0.29) is 0 Å². The van der Waals surface area contributed by atoms with Crippen molar-refractivity contribution in [3.05, 3.63) is 35.4 Å². The lowest BCUT2D eigenvalue weighted by Gasteiger charge is -2.29. The quantitative estimate of drug-likeness (QED) is 0.508. The van der Waals surface area contributed by atoms with E-state index in [9.17, 15) is 15.0 Å². The molecule has 0 saturated carbocycles. The van der Waals surface area contributed by atoms with E-state index in [1.54, 1.807) is 24.3 Å². The van der Waals surface area contributed by atoms with E-state index in [0.29, 0.717) is 23.8 Å². The van der Waals surface area contributed by atoms with E-state index in [1.807, 2.05) is 6.92 Å². The molecule has 1 rings (SSSR count). The first kappa shape index (κ1) is 12.8. The Morgan fingerprint density at radius 3 is 2.44 bits per heavy atom. The van der Waals surface area contributed by atoms with Crippen molar-refractivity contribution in [2.75, 3.05) is 0 Å². The first-order valence-electron chi connectivity index (χ1n) is 5.27. The zero-order valence-electron chi connectivity index (χ0n) is 9.26. The van der Waals surface area contributed by atoms with Crippen LogP contribution in [0, 0.1) is 0 Å². The second kappa shape index (κ2) is 5.21. The number of aliphatic hydroxyl groups excluding tert-OH is 1. The molecule has 1 aromatic rings. The largest absolute Gasteiger partial charge is 0.388 e. The van der Waals surface area contributed by atoms with Crippen molar-refractivity contribution < 1.29 is 15.0 Å². The maximum atomic E-state index is 10.5. The van der Waals surface area contributed by atoms with E-state index >= 15 is 0 Å². The van der Waals surface area contributed by atoms with Crippen LogP contribution in [0.2, 0.25) is 0 Å². The SMILES string of the molecule is CCC[C@H](O)[C@@](N)(O)c1ccc(C=O)cc1. The van der Waals surface area contributed by atoms with Gasteiger partial charge in [0.15, 0.2) is 5.72 Å². The van der Waals surface area contributed by atoms with Crippen LogP contribution in [0.4, 0.5) is 0 Å². The Labute approximate surface area is 94.7 Å². The smallest absolute Gasteiger partial charge is 0.165 e. The Morgan fingerprint density at radius 2 is 2.00 bits per heavy atom. The van der Waals surface area contributed by atoms with E-state index in [4.69, 9.17) is 5.73 Å². The van der Waals surface area contributed by atoms with Crippen molar-refractivity contribution in [3.63, 3.8) is 0 Å². The zero-order chi connectivity index (χ0) is 12.2. The number of nitrogens with two attached hydrogens (primary N) is 1. The molecule has 16 heavy (non-hydrogen) atoms. The number of aldehydes is 1. The first-order valence-corrected chi connectivity index (χ1v) is 5.27. The molecule has 0 heterocycles. The molecule has 0 fully saturated rings. The summed E-state index contributed by atoms with van der Waals surface area (Å²) in [6, 6.07) is 6.20. The summed E-state index contributed by atoms with van der Waals surface area (Å²) in [5, 5.41) is 19.7. The zero-order valence-corrected chi connectivity index (χ0v) is 9.26. The summed E-state index contributed by atoms with van der Waals surface area (Å²) >= 11 is 0. The number of hydrogen-bond donors (Lipinski definition) is 3. The normalized spacial score (nSPS) is 16.5. The van der Waals surface area contributed by atoms with Gasteiger partial charge < -0.3 is 10.2 Å². The molecule has 0 amide bonds. The average molecular weight is 223 g/mol. The molecule has 4 N–H and O–H groups in total. The Bertz CT molecular complexity index is 346. The molecule has 1 aromatic carbocycles. The van der Waals surface area contributed by atoms with Crippen LogP contribution in [0.1, 0.15) is 35.7 Å². The number of hydrogen-bond acceptors (Lipinski definition) is 4. The number of carbonyl (C=O) groups excluding carboxylic acids is 1. The lowest BCUT2D eigenvalue weighted by Crippen LogP contribution is -2.47.